The molecule has 0 saturated carbocycles. The van der Waals surface area contributed by atoms with Gasteiger partial charge in [0.2, 0.25) is 0 Å². The van der Waals surface area contributed by atoms with Crippen LogP contribution in [0.3, 0.4) is 0 Å². The fourth-order valence-electron chi connectivity index (χ4n) is 3.00. The molecule has 0 unspecified atom stereocenters. The van der Waals surface area contributed by atoms with Crippen LogP contribution in [0.5, 0.6) is 0 Å². The molecule has 1 aliphatic heterocycles. The van der Waals surface area contributed by atoms with E-state index in [9.17, 15) is 9.59 Å². The Morgan fingerprint density at radius 2 is 1.48 bits per heavy atom. The standard InChI is InChI=1S/C25H44N6O9/c1-5-6-7-26-22(32)20-18-21(29-30-24(33)40-25(2,3)4)28-23(27-20)31-19-38-15-14-36-11-10-34-8-9-35-12-13-37-16-17-39-31/h18H,5-17,19H2,1-4H3,(H,26,32)(H,30,33)(H,27,28,29). The van der Waals surface area contributed by atoms with Gasteiger partial charge in [-0.05, 0) is 27.2 Å². The number of unbranched alkanes of at least 4 members (excludes halogenated alkanes) is 1. The SMILES string of the molecule is CCCCNC(=O)c1cc(NNC(=O)OC(C)(C)C)nc(N2COCCOCCOCCOCCOCCO2)n1. The third-order valence-corrected chi connectivity index (χ3v) is 4.85. The van der Waals surface area contributed by atoms with Crippen LogP contribution in [-0.4, -0.2) is 107 Å². The summed E-state index contributed by atoms with van der Waals surface area (Å²) in [7, 11) is 0. The first kappa shape index (κ1) is 33.4. The van der Waals surface area contributed by atoms with Crippen LogP contribution in [0, 0.1) is 0 Å². The predicted octanol–water partition coefficient (Wildman–Crippen LogP) is 1.65. The zero-order chi connectivity index (χ0) is 29.1. The minimum Gasteiger partial charge on any atom is -0.443 e. The minimum atomic E-state index is -0.718. The lowest BCUT2D eigenvalue weighted by molar-refractivity contribution is -0.0426. The first-order valence-electron chi connectivity index (χ1n) is 13.5. The smallest absolute Gasteiger partial charge is 0.426 e. The van der Waals surface area contributed by atoms with Crippen molar-refractivity contribution in [3.05, 3.63) is 11.8 Å². The largest absolute Gasteiger partial charge is 0.443 e. The first-order chi connectivity index (χ1) is 19.3. The van der Waals surface area contributed by atoms with Gasteiger partial charge in [0.1, 0.15) is 18.0 Å². The third-order valence-electron chi connectivity index (χ3n) is 4.85. The van der Waals surface area contributed by atoms with E-state index in [1.807, 2.05) is 6.92 Å². The number of carbonyl (C=O) groups is 2. The molecule has 1 saturated heterocycles. The fourth-order valence-corrected chi connectivity index (χ4v) is 3.00. The van der Waals surface area contributed by atoms with Gasteiger partial charge in [-0.25, -0.2) is 15.2 Å². The number of carbonyl (C=O) groups excluding carboxylic acids is 2. The highest BCUT2D eigenvalue weighted by molar-refractivity contribution is 5.93. The van der Waals surface area contributed by atoms with Crippen LogP contribution < -0.4 is 21.2 Å². The van der Waals surface area contributed by atoms with Gasteiger partial charge in [-0.3, -0.25) is 15.1 Å². The van der Waals surface area contributed by atoms with Crippen molar-refractivity contribution in [2.45, 2.75) is 46.1 Å². The van der Waals surface area contributed by atoms with E-state index in [2.05, 4.69) is 26.1 Å². The lowest BCUT2D eigenvalue weighted by Gasteiger charge is -2.23. The Morgan fingerprint density at radius 1 is 0.900 bits per heavy atom. The average molecular weight is 573 g/mol. The summed E-state index contributed by atoms with van der Waals surface area (Å²) < 4.78 is 32.9. The summed E-state index contributed by atoms with van der Waals surface area (Å²) in [6.45, 7) is 11.3. The summed E-state index contributed by atoms with van der Waals surface area (Å²) in [4.78, 5) is 39.6. The Morgan fingerprint density at radius 3 is 2.05 bits per heavy atom. The van der Waals surface area contributed by atoms with E-state index in [-0.39, 0.29) is 44.0 Å². The molecule has 1 fully saturated rings. The van der Waals surface area contributed by atoms with E-state index < -0.39 is 17.6 Å². The number of hydrogen-bond donors (Lipinski definition) is 3. The number of aromatic nitrogens is 2. The van der Waals surface area contributed by atoms with Gasteiger partial charge in [-0.15, -0.1) is 0 Å². The summed E-state index contributed by atoms with van der Waals surface area (Å²) in [6, 6.07) is 1.41. The summed E-state index contributed by atoms with van der Waals surface area (Å²) >= 11 is 0. The maximum atomic E-state index is 12.8. The van der Waals surface area contributed by atoms with E-state index in [1.54, 1.807) is 20.8 Å². The molecular formula is C25H44N6O9. The van der Waals surface area contributed by atoms with Crippen molar-refractivity contribution >= 4 is 23.8 Å². The zero-order valence-electron chi connectivity index (χ0n) is 24.0. The van der Waals surface area contributed by atoms with Crippen LogP contribution in [0.15, 0.2) is 6.07 Å². The number of anilines is 2. The van der Waals surface area contributed by atoms with Gasteiger partial charge in [0.05, 0.1) is 66.1 Å². The molecule has 0 radical (unpaired) electrons. The monoisotopic (exact) mass is 572 g/mol. The van der Waals surface area contributed by atoms with Crippen molar-refractivity contribution in [3.8, 4) is 0 Å². The summed E-state index contributed by atoms with van der Waals surface area (Å²) in [5.41, 5.74) is 4.45. The number of hydroxylamine groups is 1. The molecule has 2 rings (SSSR count). The fraction of sp³-hybridized carbons (Fsp3) is 0.760. The van der Waals surface area contributed by atoms with Crippen LogP contribution >= 0.6 is 0 Å². The molecule has 0 spiro atoms. The Balaban J connectivity index is 2.16. The molecule has 0 bridgehead atoms. The number of nitrogens with one attached hydrogen (secondary N) is 3. The number of hydrogen-bond acceptors (Lipinski definition) is 13. The van der Waals surface area contributed by atoms with Gasteiger partial charge in [0.25, 0.3) is 11.9 Å². The van der Waals surface area contributed by atoms with Crippen molar-refractivity contribution in [3.63, 3.8) is 0 Å². The second-order valence-corrected chi connectivity index (χ2v) is 9.50. The Hall–Kier alpha value is -2.82. The van der Waals surface area contributed by atoms with Gasteiger partial charge < -0.3 is 33.7 Å². The van der Waals surface area contributed by atoms with Crippen molar-refractivity contribution < 1.29 is 42.8 Å². The predicted molar refractivity (Wildman–Crippen MR) is 145 cm³/mol. The highest BCUT2D eigenvalue weighted by atomic mass is 16.7. The van der Waals surface area contributed by atoms with Crippen molar-refractivity contribution in [1.82, 2.24) is 20.7 Å². The lowest BCUT2D eigenvalue weighted by atomic mass is 10.2. The molecule has 228 valence electrons. The molecule has 40 heavy (non-hydrogen) atoms. The molecule has 1 aromatic rings. The molecule has 3 N–H and O–H groups in total. The maximum absolute atomic E-state index is 12.8. The normalized spacial score (nSPS) is 17.2. The number of rotatable bonds is 7. The summed E-state index contributed by atoms with van der Waals surface area (Å²) in [6.07, 6.45) is 1.02. The van der Waals surface area contributed by atoms with Gasteiger partial charge >= 0.3 is 6.09 Å². The number of nitrogens with zero attached hydrogens (tertiary/aromatic N) is 3. The zero-order valence-corrected chi connectivity index (χ0v) is 24.0. The van der Waals surface area contributed by atoms with E-state index in [4.69, 9.17) is 33.3 Å². The van der Waals surface area contributed by atoms with Crippen molar-refractivity contribution in [2.75, 3.05) is 89.8 Å². The lowest BCUT2D eigenvalue weighted by Crippen LogP contribution is -2.37. The van der Waals surface area contributed by atoms with Crippen molar-refractivity contribution in [1.29, 1.82) is 0 Å². The Kier molecular flexibility index (Phi) is 16.1. The van der Waals surface area contributed by atoms with Gasteiger partial charge in [0, 0.05) is 12.6 Å². The van der Waals surface area contributed by atoms with E-state index in [1.165, 1.54) is 11.1 Å². The Bertz CT molecular complexity index is 854. The molecule has 15 nitrogen and oxygen atoms in total. The van der Waals surface area contributed by atoms with Crippen molar-refractivity contribution in [2.24, 2.45) is 0 Å². The number of ether oxygens (including phenoxy) is 6. The Labute approximate surface area is 235 Å². The van der Waals surface area contributed by atoms with E-state index in [0.717, 1.165) is 12.8 Å². The molecular weight excluding hydrogens is 528 g/mol. The van der Waals surface area contributed by atoms with Crippen LogP contribution in [0.2, 0.25) is 0 Å². The van der Waals surface area contributed by atoms with Crippen LogP contribution in [0.25, 0.3) is 0 Å². The average Bonchev–Trinajstić information content (AvgIpc) is 2.91. The molecule has 2 heterocycles. The topological polar surface area (TPSA) is 164 Å². The van der Waals surface area contributed by atoms with Gasteiger partial charge in [0.15, 0.2) is 5.82 Å². The highest BCUT2D eigenvalue weighted by Gasteiger charge is 2.19. The summed E-state index contributed by atoms with van der Waals surface area (Å²) in [5.74, 6) is -0.237. The second-order valence-electron chi connectivity index (χ2n) is 9.50. The third kappa shape index (κ3) is 15.1. The second kappa shape index (κ2) is 19.3. The van der Waals surface area contributed by atoms with Crippen LogP contribution in [0.1, 0.15) is 51.0 Å². The molecule has 1 aliphatic rings. The van der Waals surface area contributed by atoms with Crippen LogP contribution in [0.4, 0.5) is 16.6 Å². The van der Waals surface area contributed by atoms with Gasteiger partial charge in [-0.2, -0.15) is 10.0 Å². The molecule has 15 heteroatoms. The maximum Gasteiger partial charge on any atom is 0.426 e. The number of amides is 2. The molecule has 0 aromatic carbocycles. The highest BCUT2D eigenvalue weighted by Crippen LogP contribution is 2.15. The van der Waals surface area contributed by atoms with Gasteiger partial charge in [-0.1, -0.05) is 13.3 Å². The quantitative estimate of drug-likeness (QED) is 0.319. The molecule has 0 atom stereocenters. The van der Waals surface area contributed by atoms with E-state index >= 15 is 0 Å². The van der Waals surface area contributed by atoms with Crippen LogP contribution in [-0.2, 0) is 33.3 Å². The molecule has 0 aliphatic carbocycles. The first-order valence-corrected chi connectivity index (χ1v) is 13.5. The number of hydrazine groups is 1. The minimum absolute atomic E-state index is 0.0312. The molecule has 1 aromatic heterocycles. The van der Waals surface area contributed by atoms with E-state index in [0.29, 0.717) is 52.8 Å². The summed E-state index contributed by atoms with van der Waals surface area (Å²) in [5, 5.41) is 4.12. The molecule has 2 amide bonds.